The highest BCUT2D eigenvalue weighted by atomic mass is 19.1. The molecule has 0 fully saturated rings. The molecule has 21 heavy (non-hydrogen) atoms. The Kier molecular flexibility index (Phi) is 4.35. The van der Waals surface area contributed by atoms with Gasteiger partial charge in [0.15, 0.2) is 0 Å². The molecule has 0 saturated carbocycles. The lowest BCUT2D eigenvalue weighted by Crippen LogP contribution is -2.31. The maximum atomic E-state index is 13.2. The second-order valence-corrected chi connectivity index (χ2v) is 5.86. The molecule has 2 aromatic rings. The molecule has 2 heteroatoms. The number of aryl methyl sites for hydroxylation is 1. The first kappa shape index (κ1) is 14.3. The molecule has 0 spiro atoms. The summed E-state index contributed by atoms with van der Waals surface area (Å²) in [4.78, 5) is 0. The Bertz CT molecular complexity index is 591. The van der Waals surface area contributed by atoms with Crippen LogP contribution in [0.25, 0.3) is 0 Å². The summed E-state index contributed by atoms with van der Waals surface area (Å²) in [7, 11) is 0. The maximum Gasteiger partial charge on any atom is 0.123 e. The van der Waals surface area contributed by atoms with Gasteiger partial charge in [-0.1, -0.05) is 43.3 Å². The fourth-order valence-corrected chi connectivity index (χ4v) is 3.46. The van der Waals surface area contributed by atoms with E-state index >= 15 is 0 Å². The molecule has 2 atom stereocenters. The molecule has 0 saturated heterocycles. The summed E-state index contributed by atoms with van der Waals surface area (Å²) < 4.78 is 13.2. The Balaban J connectivity index is 1.83. The predicted octanol–water partition coefficient (Wildman–Crippen LogP) is 4.28. The van der Waals surface area contributed by atoms with Gasteiger partial charge in [-0.05, 0) is 60.5 Å². The number of benzene rings is 2. The molecule has 110 valence electrons. The lowest BCUT2D eigenvalue weighted by atomic mass is 9.78. The summed E-state index contributed by atoms with van der Waals surface area (Å²) in [5.41, 5.74) is 4.16. The lowest BCUT2D eigenvalue weighted by Gasteiger charge is -2.32. The number of hydrogen-bond donors (Lipinski definition) is 1. The van der Waals surface area contributed by atoms with Crippen LogP contribution < -0.4 is 5.32 Å². The van der Waals surface area contributed by atoms with Gasteiger partial charge in [0.1, 0.15) is 5.82 Å². The van der Waals surface area contributed by atoms with Gasteiger partial charge in [0.2, 0.25) is 0 Å². The Morgan fingerprint density at radius 1 is 1.10 bits per heavy atom. The van der Waals surface area contributed by atoms with E-state index in [4.69, 9.17) is 0 Å². The molecular formula is C19H22FN. The van der Waals surface area contributed by atoms with Crippen LogP contribution in [0.4, 0.5) is 4.39 Å². The molecule has 2 aromatic carbocycles. The van der Waals surface area contributed by atoms with Gasteiger partial charge in [0.25, 0.3) is 0 Å². The Hall–Kier alpha value is -1.67. The van der Waals surface area contributed by atoms with Crippen LogP contribution >= 0.6 is 0 Å². The second kappa shape index (κ2) is 6.40. The SMILES string of the molecule is CCNC(c1ccc(F)cc1)C1CCc2ccccc2C1. The average Bonchev–Trinajstić information content (AvgIpc) is 2.53. The molecule has 1 N–H and O–H groups in total. The molecule has 3 rings (SSSR count). The van der Waals surface area contributed by atoms with Crippen LogP contribution in [-0.4, -0.2) is 6.54 Å². The predicted molar refractivity (Wildman–Crippen MR) is 84.8 cm³/mol. The van der Waals surface area contributed by atoms with Crippen molar-refractivity contribution in [2.45, 2.75) is 32.2 Å². The monoisotopic (exact) mass is 283 g/mol. The van der Waals surface area contributed by atoms with E-state index in [0.717, 1.165) is 19.4 Å². The first-order chi connectivity index (χ1) is 10.3. The van der Waals surface area contributed by atoms with Crippen LogP contribution in [0, 0.1) is 11.7 Å². The summed E-state index contributed by atoms with van der Waals surface area (Å²) in [5, 5.41) is 3.60. The molecule has 0 radical (unpaired) electrons. The van der Waals surface area contributed by atoms with Crippen molar-refractivity contribution in [3.8, 4) is 0 Å². The lowest BCUT2D eigenvalue weighted by molar-refractivity contribution is 0.330. The van der Waals surface area contributed by atoms with Crippen molar-refractivity contribution in [1.82, 2.24) is 5.32 Å². The first-order valence-corrected chi connectivity index (χ1v) is 7.83. The highest BCUT2D eigenvalue weighted by Gasteiger charge is 2.26. The van der Waals surface area contributed by atoms with Gasteiger partial charge in [-0.2, -0.15) is 0 Å². The van der Waals surface area contributed by atoms with Crippen molar-refractivity contribution in [2.24, 2.45) is 5.92 Å². The van der Waals surface area contributed by atoms with Crippen molar-refractivity contribution in [1.29, 1.82) is 0 Å². The standard InChI is InChI=1S/C19H22FN/c1-2-21-19(15-9-11-18(20)12-10-15)17-8-7-14-5-3-4-6-16(14)13-17/h3-6,9-12,17,19,21H,2,7-8,13H2,1H3. The van der Waals surface area contributed by atoms with Crippen molar-refractivity contribution in [3.63, 3.8) is 0 Å². The Morgan fingerprint density at radius 3 is 2.52 bits per heavy atom. The van der Waals surface area contributed by atoms with Gasteiger partial charge in [0.05, 0.1) is 0 Å². The molecule has 0 bridgehead atoms. The van der Waals surface area contributed by atoms with Crippen molar-refractivity contribution in [3.05, 3.63) is 71.0 Å². The largest absolute Gasteiger partial charge is 0.310 e. The van der Waals surface area contributed by atoms with Crippen molar-refractivity contribution in [2.75, 3.05) is 6.54 Å². The smallest absolute Gasteiger partial charge is 0.123 e. The maximum absolute atomic E-state index is 13.2. The van der Waals surface area contributed by atoms with Crippen LogP contribution in [0.15, 0.2) is 48.5 Å². The summed E-state index contributed by atoms with van der Waals surface area (Å²) >= 11 is 0. The molecule has 1 aliphatic carbocycles. The van der Waals surface area contributed by atoms with E-state index in [0.29, 0.717) is 12.0 Å². The molecular weight excluding hydrogens is 261 g/mol. The molecule has 1 aliphatic rings. The number of rotatable bonds is 4. The molecule has 0 aromatic heterocycles. The van der Waals surface area contributed by atoms with Gasteiger partial charge in [-0.15, -0.1) is 0 Å². The highest BCUT2D eigenvalue weighted by molar-refractivity contribution is 5.31. The van der Waals surface area contributed by atoms with Crippen molar-refractivity contribution >= 4 is 0 Å². The normalized spacial score (nSPS) is 19.0. The quantitative estimate of drug-likeness (QED) is 0.883. The minimum atomic E-state index is -0.164. The number of halogens is 1. The average molecular weight is 283 g/mol. The zero-order valence-electron chi connectivity index (χ0n) is 12.5. The third-order valence-corrected chi connectivity index (χ3v) is 4.51. The van der Waals surface area contributed by atoms with E-state index in [9.17, 15) is 4.39 Å². The van der Waals surface area contributed by atoms with E-state index in [1.165, 1.54) is 23.1 Å². The second-order valence-electron chi connectivity index (χ2n) is 5.86. The van der Waals surface area contributed by atoms with Gasteiger partial charge in [-0.3, -0.25) is 0 Å². The summed E-state index contributed by atoms with van der Waals surface area (Å²) in [5.74, 6) is 0.410. The van der Waals surface area contributed by atoms with E-state index in [1.54, 1.807) is 12.1 Å². The Morgan fingerprint density at radius 2 is 1.81 bits per heavy atom. The van der Waals surface area contributed by atoms with Gasteiger partial charge < -0.3 is 5.32 Å². The molecule has 0 heterocycles. The van der Waals surface area contributed by atoms with E-state index in [-0.39, 0.29) is 5.82 Å². The highest BCUT2D eigenvalue weighted by Crippen LogP contribution is 2.34. The summed E-state index contributed by atoms with van der Waals surface area (Å²) in [6, 6.07) is 16.0. The zero-order chi connectivity index (χ0) is 14.7. The third kappa shape index (κ3) is 3.16. The zero-order valence-corrected chi connectivity index (χ0v) is 12.5. The van der Waals surface area contributed by atoms with Gasteiger partial charge in [-0.25, -0.2) is 4.39 Å². The number of nitrogens with one attached hydrogen (secondary N) is 1. The fourth-order valence-electron chi connectivity index (χ4n) is 3.46. The summed E-state index contributed by atoms with van der Waals surface area (Å²) in [6.07, 6.45) is 3.43. The van der Waals surface area contributed by atoms with Crippen molar-refractivity contribution < 1.29 is 4.39 Å². The minimum Gasteiger partial charge on any atom is -0.310 e. The first-order valence-electron chi connectivity index (χ1n) is 7.83. The van der Waals surface area contributed by atoms with Crippen LogP contribution in [0.2, 0.25) is 0 Å². The minimum absolute atomic E-state index is 0.164. The molecule has 0 aliphatic heterocycles. The van der Waals surface area contributed by atoms with Gasteiger partial charge >= 0.3 is 0 Å². The van der Waals surface area contributed by atoms with Crippen LogP contribution in [-0.2, 0) is 12.8 Å². The van der Waals surface area contributed by atoms with E-state index in [2.05, 4.69) is 36.5 Å². The van der Waals surface area contributed by atoms with E-state index in [1.807, 2.05) is 12.1 Å². The molecule has 2 unspecified atom stereocenters. The fraction of sp³-hybridized carbons (Fsp3) is 0.368. The van der Waals surface area contributed by atoms with Crippen LogP contribution in [0.5, 0.6) is 0 Å². The molecule has 1 nitrogen and oxygen atoms in total. The number of hydrogen-bond acceptors (Lipinski definition) is 1. The third-order valence-electron chi connectivity index (χ3n) is 4.51. The van der Waals surface area contributed by atoms with E-state index < -0.39 is 0 Å². The number of fused-ring (bicyclic) bond motifs is 1. The summed E-state index contributed by atoms with van der Waals surface area (Å²) in [6.45, 7) is 3.06. The Labute approximate surface area is 126 Å². The van der Waals surface area contributed by atoms with Gasteiger partial charge in [0, 0.05) is 6.04 Å². The van der Waals surface area contributed by atoms with Crippen LogP contribution in [0.3, 0.4) is 0 Å². The topological polar surface area (TPSA) is 12.0 Å². The van der Waals surface area contributed by atoms with Crippen LogP contribution in [0.1, 0.15) is 36.1 Å². The molecule has 0 amide bonds.